The van der Waals surface area contributed by atoms with Crippen LogP contribution in [0.25, 0.3) is 0 Å². The molecule has 126 valence electrons. The molecular formula is C15H11F3N2O4. The summed E-state index contributed by atoms with van der Waals surface area (Å²) in [6.07, 6.45) is -3.46. The van der Waals surface area contributed by atoms with Gasteiger partial charge in [-0.15, -0.1) is 0 Å². The summed E-state index contributed by atoms with van der Waals surface area (Å²) in [5.74, 6) is -1.86. The van der Waals surface area contributed by atoms with Crippen LogP contribution < -0.4 is 10.0 Å². The molecule has 0 bridgehead atoms. The van der Waals surface area contributed by atoms with Gasteiger partial charge in [0, 0.05) is 17.8 Å². The van der Waals surface area contributed by atoms with Gasteiger partial charge in [0.15, 0.2) is 12.8 Å². The average Bonchev–Trinajstić information content (AvgIpc) is 2.52. The van der Waals surface area contributed by atoms with Crippen LogP contribution in [-0.4, -0.2) is 18.5 Å². The van der Waals surface area contributed by atoms with Gasteiger partial charge in [-0.05, 0) is 24.3 Å². The largest absolute Gasteiger partial charge is 0.618 e. The Bertz CT molecular complexity index is 762. The zero-order chi connectivity index (χ0) is 17.7. The monoisotopic (exact) mass is 340 g/mol. The van der Waals surface area contributed by atoms with Crippen LogP contribution in [0.15, 0.2) is 48.7 Å². The fourth-order valence-corrected chi connectivity index (χ4v) is 1.76. The lowest BCUT2D eigenvalue weighted by atomic mass is 10.2. The molecule has 0 saturated carbocycles. The van der Waals surface area contributed by atoms with Gasteiger partial charge in [0.2, 0.25) is 0 Å². The van der Waals surface area contributed by atoms with Crippen molar-refractivity contribution >= 4 is 17.6 Å². The van der Waals surface area contributed by atoms with E-state index in [1.54, 1.807) is 0 Å². The van der Waals surface area contributed by atoms with Crippen LogP contribution in [0.3, 0.4) is 0 Å². The first-order valence-electron chi connectivity index (χ1n) is 6.60. The molecule has 1 aromatic heterocycles. The summed E-state index contributed by atoms with van der Waals surface area (Å²) in [6, 6.07) is 8.06. The smallest absolute Gasteiger partial charge is 0.416 e. The molecule has 1 amide bonds. The molecule has 2 rings (SSSR count). The molecule has 0 aliphatic rings. The summed E-state index contributed by atoms with van der Waals surface area (Å²) < 4.78 is 42.6. The van der Waals surface area contributed by atoms with Gasteiger partial charge >= 0.3 is 17.8 Å². The second-order valence-electron chi connectivity index (χ2n) is 4.61. The van der Waals surface area contributed by atoms with E-state index in [1.807, 2.05) is 0 Å². The van der Waals surface area contributed by atoms with Gasteiger partial charge in [0.05, 0.1) is 5.56 Å². The molecule has 2 aromatic rings. The van der Waals surface area contributed by atoms with Crippen LogP contribution in [0, 0.1) is 5.21 Å². The van der Waals surface area contributed by atoms with Crippen LogP contribution in [0.5, 0.6) is 0 Å². The number of hydrogen-bond acceptors (Lipinski definition) is 4. The Morgan fingerprint density at radius 2 is 1.92 bits per heavy atom. The third-order valence-electron chi connectivity index (χ3n) is 2.84. The van der Waals surface area contributed by atoms with E-state index in [9.17, 15) is 28.0 Å². The molecule has 0 radical (unpaired) electrons. The zero-order valence-electron chi connectivity index (χ0n) is 12.0. The number of halogens is 3. The number of rotatable bonds is 4. The fraction of sp³-hybridized carbons (Fsp3) is 0.133. The van der Waals surface area contributed by atoms with E-state index >= 15 is 0 Å². The van der Waals surface area contributed by atoms with E-state index in [4.69, 9.17) is 0 Å². The molecule has 6 nitrogen and oxygen atoms in total. The van der Waals surface area contributed by atoms with E-state index in [1.165, 1.54) is 24.3 Å². The molecular weight excluding hydrogens is 329 g/mol. The Kier molecular flexibility index (Phi) is 5.02. The van der Waals surface area contributed by atoms with Crippen LogP contribution in [0.4, 0.5) is 18.9 Å². The predicted octanol–water partition coefficient (Wildman–Crippen LogP) is 2.13. The molecule has 0 fully saturated rings. The minimum absolute atomic E-state index is 0.0931. The predicted molar refractivity (Wildman–Crippen MR) is 75.8 cm³/mol. The molecule has 9 heteroatoms. The highest BCUT2D eigenvalue weighted by atomic mass is 19.4. The average molecular weight is 340 g/mol. The summed E-state index contributed by atoms with van der Waals surface area (Å²) in [5, 5.41) is 13.5. The molecule has 0 aliphatic carbocycles. The number of hydrogen-bond donors (Lipinski definition) is 1. The summed E-state index contributed by atoms with van der Waals surface area (Å²) in [6.45, 7) is -0.746. The number of anilines is 1. The quantitative estimate of drug-likeness (QED) is 0.525. The van der Waals surface area contributed by atoms with Crippen molar-refractivity contribution < 1.29 is 32.2 Å². The van der Waals surface area contributed by atoms with Gasteiger partial charge in [-0.3, -0.25) is 4.79 Å². The van der Waals surface area contributed by atoms with E-state index in [0.29, 0.717) is 0 Å². The highest BCUT2D eigenvalue weighted by Gasteiger charge is 2.30. The topological polar surface area (TPSA) is 82.3 Å². The van der Waals surface area contributed by atoms with Gasteiger partial charge in [0.25, 0.3) is 5.91 Å². The second kappa shape index (κ2) is 6.99. The number of nitrogens with one attached hydrogen (secondary N) is 1. The summed E-state index contributed by atoms with van der Waals surface area (Å²) >= 11 is 0. The Morgan fingerprint density at radius 3 is 2.58 bits per heavy atom. The number of carbonyl (C=O) groups excluding carboxylic acids is 2. The maximum absolute atomic E-state index is 12.6. The number of esters is 1. The Morgan fingerprint density at radius 1 is 1.17 bits per heavy atom. The van der Waals surface area contributed by atoms with Crippen molar-refractivity contribution in [3.63, 3.8) is 0 Å². The first-order valence-corrected chi connectivity index (χ1v) is 6.60. The SMILES string of the molecule is O=C(COC(=O)c1cccc[n+]1[O-])Nc1cccc(C(F)(F)F)c1. The van der Waals surface area contributed by atoms with Crippen molar-refractivity contribution in [2.24, 2.45) is 0 Å². The highest BCUT2D eigenvalue weighted by molar-refractivity contribution is 5.94. The zero-order valence-corrected chi connectivity index (χ0v) is 12.0. The molecule has 0 atom stereocenters. The number of ether oxygens (including phenoxy) is 1. The lowest BCUT2D eigenvalue weighted by Crippen LogP contribution is -2.35. The highest BCUT2D eigenvalue weighted by Crippen LogP contribution is 2.30. The first-order chi connectivity index (χ1) is 11.3. The minimum Gasteiger partial charge on any atom is -0.618 e. The third kappa shape index (κ3) is 4.45. The molecule has 1 N–H and O–H groups in total. The molecule has 1 heterocycles. The van der Waals surface area contributed by atoms with Crippen molar-refractivity contribution in [3.8, 4) is 0 Å². The molecule has 0 unspecified atom stereocenters. The van der Waals surface area contributed by atoms with E-state index < -0.39 is 30.2 Å². The fourth-order valence-electron chi connectivity index (χ4n) is 1.76. The maximum Gasteiger partial charge on any atom is 0.416 e. The number of aromatic nitrogens is 1. The van der Waals surface area contributed by atoms with E-state index in [0.717, 1.165) is 24.4 Å². The Balaban J connectivity index is 1.95. The van der Waals surface area contributed by atoms with E-state index in [2.05, 4.69) is 10.1 Å². The van der Waals surface area contributed by atoms with Crippen LogP contribution in [-0.2, 0) is 15.7 Å². The molecule has 0 aliphatic heterocycles. The number of amides is 1. The lowest BCUT2D eigenvalue weighted by molar-refractivity contribution is -0.608. The number of nitrogens with zero attached hydrogens (tertiary/aromatic N) is 1. The minimum atomic E-state index is -4.54. The second-order valence-corrected chi connectivity index (χ2v) is 4.61. The van der Waals surface area contributed by atoms with Crippen LogP contribution in [0.2, 0.25) is 0 Å². The van der Waals surface area contributed by atoms with Gasteiger partial charge in [-0.25, -0.2) is 4.79 Å². The molecule has 0 saturated heterocycles. The Hall–Kier alpha value is -3.10. The summed E-state index contributed by atoms with van der Waals surface area (Å²) in [7, 11) is 0. The number of benzene rings is 1. The lowest BCUT2D eigenvalue weighted by Gasteiger charge is -2.10. The van der Waals surface area contributed by atoms with Crippen LogP contribution in [0.1, 0.15) is 16.1 Å². The van der Waals surface area contributed by atoms with Gasteiger partial charge in [-0.1, -0.05) is 6.07 Å². The van der Waals surface area contributed by atoms with E-state index in [-0.39, 0.29) is 16.1 Å². The van der Waals surface area contributed by atoms with Crippen LogP contribution >= 0.6 is 0 Å². The Labute approximate surface area is 134 Å². The van der Waals surface area contributed by atoms with Crippen molar-refractivity contribution in [1.82, 2.24) is 0 Å². The van der Waals surface area contributed by atoms with Crippen molar-refractivity contribution in [2.75, 3.05) is 11.9 Å². The van der Waals surface area contributed by atoms with Crippen molar-refractivity contribution in [2.45, 2.75) is 6.18 Å². The van der Waals surface area contributed by atoms with Gasteiger partial charge in [-0.2, -0.15) is 17.9 Å². The third-order valence-corrected chi connectivity index (χ3v) is 2.84. The molecule has 24 heavy (non-hydrogen) atoms. The standard InChI is InChI=1S/C15H11F3N2O4/c16-15(17,18)10-4-3-5-11(8-10)19-13(21)9-24-14(22)12-6-1-2-7-20(12)23/h1-8H,9H2,(H,19,21). The summed E-state index contributed by atoms with van der Waals surface area (Å²) in [4.78, 5) is 23.3. The van der Waals surface area contributed by atoms with Crippen molar-refractivity contribution in [1.29, 1.82) is 0 Å². The van der Waals surface area contributed by atoms with Gasteiger partial charge in [0.1, 0.15) is 0 Å². The normalized spacial score (nSPS) is 11.0. The molecule has 0 spiro atoms. The number of pyridine rings is 1. The van der Waals surface area contributed by atoms with Gasteiger partial charge < -0.3 is 15.3 Å². The van der Waals surface area contributed by atoms with Crippen molar-refractivity contribution in [3.05, 3.63) is 65.1 Å². The maximum atomic E-state index is 12.6. The number of carbonyl (C=O) groups is 2. The number of alkyl halides is 3. The molecule has 1 aromatic carbocycles. The first kappa shape index (κ1) is 17.3. The summed E-state index contributed by atoms with van der Waals surface area (Å²) in [5.41, 5.74) is -1.33.